The van der Waals surface area contributed by atoms with Gasteiger partial charge in [0.2, 0.25) is 0 Å². The minimum absolute atomic E-state index is 0.892. The van der Waals surface area contributed by atoms with Crippen LogP contribution >= 0.6 is 11.3 Å². The van der Waals surface area contributed by atoms with Gasteiger partial charge in [-0.2, -0.15) is 0 Å². The molecule has 2 aromatic rings. The van der Waals surface area contributed by atoms with E-state index in [1.54, 1.807) is 12.4 Å². The van der Waals surface area contributed by atoms with Gasteiger partial charge in [-0.1, -0.05) is 11.3 Å². The molecule has 0 saturated heterocycles. The van der Waals surface area contributed by atoms with Gasteiger partial charge in [0.15, 0.2) is 0 Å². The SMILES string of the molecule is Cc1nc(-c2cccnc2)sc1NN. The lowest BCUT2D eigenvalue weighted by molar-refractivity contribution is 1.23. The van der Waals surface area contributed by atoms with Crippen molar-refractivity contribution in [2.24, 2.45) is 5.84 Å². The number of hydrogen-bond acceptors (Lipinski definition) is 5. The third-order valence-corrected chi connectivity index (χ3v) is 2.97. The van der Waals surface area contributed by atoms with Crippen molar-refractivity contribution in [3.8, 4) is 10.6 Å². The quantitative estimate of drug-likeness (QED) is 0.581. The molecular weight excluding hydrogens is 196 g/mol. The molecule has 4 nitrogen and oxygen atoms in total. The molecule has 0 radical (unpaired) electrons. The van der Waals surface area contributed by atoms with Crippen LogP contribution in [0.5, 0.6) is 0 Å². The second-order valence-electron chi connectivity index (χ2n) is 2.82. The first kappa shape index (κ1) is 9.11. The van der Waals surface area contributed by atoms with Crippen LogP contribution in [0.15, 0.2) is 24.5 Å². The maximum Gasteiger partial charge on any atom is 0.127 e. The van der Waals surface area contributed by atoms with Gasteiger partial charge in [0, 0.05) is 18.0 Å². The molecule has 0 spiro atoms. The fraction of sp³-hybridized carbons (Fsp3) is 0.111. The zero-order valence-corrected chi connectivity index (χ0v) is 8.51. The van der Waals surface area contributed by atoms with Gasteiger partial charge in [-0.25, -0.2) is 10.8 Å². The highest BCUT2D eigenvalue weighted by molar-refractivity contribution is 7.19. The summed E-state index contributed by atoms with van der Waals surface area (Å²) in [6.07, 6.45) is 3.53. The van der Waals surface area contributed by atoms with E-state index in [4.69, 9.17) is 5.84 Å². The van der Waals surface area contributed by atoms with Gasteiger partial charge in [0.1, 0.15) is 10.0 Å². The highest BCUT2D eigenvalue weighted by atomic mass is 32.1. The molecule has 0 aliphatic heterocycles. The molecule has 0 aliphatic rings. The fourth-order valence-electron chi connectivity index (χ4n) is 1.14. The smallest absolute Gasteiger partial charge is 0.127 e. The molecule has 2 rings (SSSR count). The molecule has 2 heterocycles. The predicted octanol–water partition coefficient (Wildman–Crippen LogP) is 1.80. The number of nitrogens with two attached hydrogens (primary N) is 1. The molecule has 0 unspecified atom stereocenters. The number of aromatic nitrogens is 2. The number of anilines is 1. The Kier molecular flexibility index (Phi) is 2.43. The first-order valence-electron chi connectivity index (χ1n) is 4.15. The molecule has 0 bridgehead atoms. The number of rotatable bonds is 2. The average molecular weight is 206 g/mol. The number of hydrogen-bond donors (Lipinski definition) is 2. The van der Waals surface area contributed by atoms with Crippen LogP contribution in [0.25, 0.3) is 10.6 Å². The zero-order valence-electron chi connectivity index (χ0n) is 7.69. The van der Waals surface area contributed by atoms with E-state index in [1.807, 2.05) is 19.1 Å². The van der Waals surface area contributed by atoms with Crippen molar-refractivity contribution in [1.82, 2.24) is 9.97 Å². The zero-order chi connectivity index (χ0) is 9.97. The molecule has 0 aromatic carbocycles. The van der Waals surface area contributed by atoms with E-state index in [0.29, 0.717) is 0 Å². The van der Waals surface area contributed by atoms with Gasteiger partial charge in [0.05, 0.1) is 5.69 Å². The molecule has 0 atom stereocenters. The number of nitrogens with zero attached hydrogens (tertiary/aromatic N) is 2. The van der Waals surface area contributed by atoms with Crippen LogP contribution < -0.4 is 11.3 Å². The Morgan fingerprint density at radius 1 is 1.50 bits per heavy atom. The highest BCUT2D eigenvalue weighted by Crippen LogP contribution is 2.30. The number of hydrazine groups is 1. The van der Waals surface area contributed by atoms with Crippen molar-refractivity contribution >= 4 is 16.3 Å². The normalized spacial score (nSPS) is 10.1. The Balaban J connectivity index is 2.43. The molecule has 72 valence electrons. The van der Waals surface area contributed by atoms with Crippen LogP contribution in [0, 0.1) is 6.92 Å². The molecule has 3 N–H and O–H groups in total. The van der Waals surface area contributed by atoms with Gasteiger partial charge in [0.25, 0.3) is 0 Å². The molecule has 5 heteroatoms. The summed E-state index contributed by atoms with van der Waals surface area (Å²) >= 11 is 1.53. The van der Waals surface area contributed by atoms with Crippen LogP contribution in [0.1, 0.15) is 5.69 Å². The van der Waals surface area contributed by atoms with Crippen molar-refractivity contribution in [1.29, 1.82) is 0 Å². The maximum atomic E-state index is 5.35. The summed E-state index contributed by atoms with van der Waals surface area (Å²) in [5.74, 6) is 5.35. The van der Waals surface area contributed by atoms with Gasteiger partial charge in [-0.15, -0.1) is 0 Å². The summed E-state index contributed by atoms with van der Waals surface area (Å²) in [6, 6.07) is 3.87. The number of thiazole rings is 1. The Hall–Kier alpha value is -1.46. The second kappa shape index (κ2) is 3.73. The molecule has 2 aromatic heterocycles. The standard InChI is InChI=1S/C9H10N4S/c1-6-8(13-10)14-9(12-6)7-3-2-4-11-5-7/h2-5,13H,10H2,1H3. The van der Waals surface area contributed by atoms with E-state index in [9.17, 15) is 0 Å². The lowest BCUT2D eigenvalue weighted by atomic mass is 10.3. The number of pyridine rings is 1. The summed E-state index contributed by atoms with van der Waals surface area (Å²) in [4.78, 5) is 8.43. The molecule has 14 heavy (non-hydrogen) atoms. The summed E-state index contributed by atoms with van der Waals surface area (Å²) < 4.78 is 0. The highest BCUT2D eigenvalue weighted by Gasteiger charge is 2.07. The van der Waals surface area contributed by atoms with Gasteiger partial charge in [-0.05, 0) is 19.1 Å². The van der Waals surface area contributed by atoms with Crippen molar-refractivity contribution in [2.75, 3.05) is 5.43 Å². The van der Waals surface area contributed by atoms with Gasteiger partial charge < -0.3 is 5.43 Å². The number of nitrogen functional groups attached to an aromatic ring is 1. The van der Waals surface area contributed by atoms with Gasteiger partial charge in [-0.3, -0.25) is 4.98 Å². The molecule has 0 amide bonds. The fourth-order valence-corrected chi connectivity index (χ4v) is 2.01. The molecule has 0 fully saturated rings. The van der Waals surface area contributed by atoms with Gasteiger partial charge >= 0.3 is 0 Å². The first-order chi connectivity index (χ1) is 6.81. The first-order valence-corrected chi connectivity index (χ1v) is 4.97. The lowest BCUT2D eigenvalue weighted by Gasteiger charge is -1.92. The minimum Gasteiger partial charge on any atom is -0.314 e. The van der Waals surface area contributed by atoms with E-state index in [1.165, 1.54) is 11.3 Å². The maximum absolute atomic E-state index is 5.35. The monoisotopic (exact) mass is 206 g/mol. The largest absolute Gasteiger partial charge is 0.314 e. The van der Waals surface area contributed by atoms with E-state index in [-0.39, 0.29) is 0 Å². The van der Waals surface area contributed by atoms with Crippen molar-refractivity contribution in [3.63, 3.8) is 0 Å². The molecule has 0 aliphatic carbocycles. The van der Waals surface area contributed by atoms with E-state index < -0.39 is 0 Å². The van der Waals surface area contributed by atoms with Crippen molar-refractivity contribution in [2.45, 2.75) is 6.92 Å². The molecular formula is C9H10N4S. The van der Waals surface area contributed by atoms with E-state index in [2.05, 4.69) is 15.4 Å². The topological polar surface area (TPSA) is 63.8 Å². The Bertz CT molecular complexity index is 424. The van der Waals surface area contributed by atoms with E-state index >= 15 is 0 Å². The average Bonchev–Trinajstić information content (AvgIpc) is 2.61. The molecule has 0 saturated carbocycles. The van der Waals surface area contributed by atoms with Crippen LogP contribution in [0.4, 0.5) is 5.00 Å². The Labute approximate surface area is 85.8 Å². The van der Waals surface area contributed by atoms with Crippen LogP contribution in [0.2, 0.25) is 0 Å². The third kappa shape index (κ3) is 1.59. The Morgan fingerprint density at radius 2 is 2.36 bits per heavy atom. The Morgan fingerprint density at radius 3 is 2.93 bits per heavy atom. The van der Waals surface area contributed by atoms with Crippen LogP contribution in [0.3, 0.4) is 0 Å². The third-order valence-electron chi connectivity index (χ3n) is 1.84. The lowest BCUT2D eigenvalue weighted by Crippen LogP contribution is -2.05. The van der Waals surface area contributed by atoms with Crippen molar-refractivity contribution < 1.29 is 0 Å². The minimum atomic E-state index is 0.892. The number of nitrogens with one attached hydrogen (secondary N) is 1. The van der Waals surface area contributed by atoms with Crippen molar-refractivity contribution in [3.05, 3.63) is 30.2 Å². The summed E-state index contributed by atoms with van der Waals surface area (Å²) in [7, 11) is 0. The van der Waals surface area contributed by atoms with Crippen LogP contribution in [-0.4, -0.2) is 9.97 Å². The number of aryl methyl sites for hydroxylation is 1. The van der Waals surface area contributed by atoms with E-state index in [0.717, 1.165) is 21.3 Å². The predicted molar refractivity (Wildman–Crippen MR) is 57.9 cm³/mol. The summed E-state index contributed by atoms with van der Waals surface area (Å²) in [5, 5.41) is 1.83. The summed E-state index contributed by atoms with van der Waals surface area (Å²) in [6.45, 7) is 1.92. The van der Waals surface area contributed by atoms with Crippen LogP contribution in [-0.2, 0) is 0 Å². The summed E-state index contributed by atoms with van der Waals surface area (Å²) in [5.41, 5.74) is 4.55. The second-order valence-corrected chi connectivity index (χ2v) is 3.82.